The van der Waals surface area contributed by atoms with E-state index in [0.717, 1.165) is 34.8 Å². The van der Waals surface area contributed by atoms with Crippen LogP contribution in [0.1, 0.15) is 70.1 Å². The van der Waals surface area contributed by atoms with Gasteiger partial charge in [-0.2, -0.15) is 0 Å². The molecule has 6 rings (SSSR count). The van der Waals surface area contributed by atoms with Crippen molar-refractivity contribution >= 4 is 50.4 Å². The van der Waals surface area contributed by atoms with Crippen molar-refractivity contribution in [1.82, 2.24) is 4.57 Å². The number of benzene rings is 3. The van der Waals surface area contributed by atoms with Gasteiger partial charge in [0.25, 0.3) is 6.29 Å². The van der Waals surface area contributed by atoms with Gasteiger partial charge >= 0.3 is 0 Å². The Kier molecular flexibility index (Phi) is 7.32. The first-order valence-corrected chi connectivity index (χ1v) is 14.6. The summed E-state index contributed by atoms with van der Waals surface area (Å²) in [5.74, 6) is 0.387. The predicted molar refractivity (Wildman–Crippen MR) is 159 cm³/mol. The molecule has 1 N–H and O–H groups in total. The molecule has 3 aromatic carbocycles. The number of thiophene rings is 1. The average Bonchev–Trinajstić information content (AvgIpc) is 3.55. The Morgan fingerprint density at radius 3 is 2.33 bits per heavy atom. The number of aliphatic hydroxyl groups excluding tert-OH is 1. The molecule has 1 atom stereocenters. The molecule has 6 nitrogen and oxygen atoms in total. The van der Waals surface area contributed by atoms with Crippen LogP contribution in [0.5, 0.6) is 0 Å². The molecule has 1 aliphatic carbocycles. The molecule has 1 saturated carbocycles. The van der Waals surface area contributed by atoms with Gasteiger partial charge in [0.05, 0.1) is 4.88 Å². The zero-order valence-corrected chi connectivity index (χ0v) is 23.1. The highest BCUT2D eigenvalue weighted by atomic mass is 32.1. The van der Waals surface area contributed by atoms with Crippen molar-refractivity contribution in [3.05, 3.63) is 106 Å². The van der Waals surface area contributed by atoms with Gasteiger partial charge in [0.2, 0.25) is 11.6 Å². The minimum absolute atomic E-state index is 0.00912. The molecular formula is C33H30N2O4S. The summed E-state index contributed by atoms with van der Waals surface area (Å²) in [5, 5.41) is 18.4. The maximum Gasteiger partial charge on any atom is 0.250 e. The lowest BCUT2D eigenvalue weighted by atomic mass is 9.99. The Labute approximate surface area is 236 Å². The Morgan fingerprint density at radius 1 is 0.975 bits per heavy atom. The molecule has 0 bridgehead atoms. The SMILES string of the molecule is CCn1c2ccc(C(=O)C(CCC3CC3)=NOC(O)c3ccccc3)cc2c2cc(C(=O)c3cccs3)ccc21. The third-order valence-corrected chi connectivity index (χ3v) is 8.41. The van der Waals surface area contributed by atoms with Crippen LogP contribution in [0.4, 0.5) is 0 Å². The number of carbonyl (C=O) groups excluding carboxylic acids is 2. The highest BCUT2D eigenvalue weighted by Gasteiger charge is 2.25. The van der Waals surface area contributed by atoms with Crippen LogP contribution in [0.3, 0.4) is 0 Å². The van der Waals surface area contributed by atoms with Gasteiger partial charge in [-0.1, -0.05) is 54.4 Å². The predicted octanol–water partition coefficient (Wildman–Crippen LogP) is 7.54. The number of aliphatic hydroxyl groups is 1. The first-order chi connectivity index (χ1) is 19.5. The highest BCUT2D eigenvalue weighted by molar-refractivity contribution is 7.12. The van der Waals surface area contributed by atoms with Crippen molar-refractivity contribution < 1.29 is 19.5 Å². The standard InChI is InChI=1S/C33H30N2O4S/c1-2-35-28-16-13-23(19-25(28)26-20-24(14-17-29(26)35)32(37)30-9-6-18-40-30)31(36)27(15-12-21-10-11-21)34-39-33(38)22-7-4-3-5-8-22/h3-9,13-14,16-21,33,38H,2,10-12,15H2,1H3. The number of oxime groups is 1. The van der Waals surface area contributed by atoms with E-state index in [0.29, 0.717) is 39.6 Å². The fraction of sp³-hybridized carbons (Fsp3) is 0.242. The average molecular weight is 551 g/mol. The van der Waals surface area contributed by atoms with Crippen molar-refractivity contribution in [2.45, 2.75) is 45.4 Å². The van der Waals surface area contributed by atoms with E-state index in [4.69, 9.17) is 4.84 Å². The first kappa shape index (κ1) is 26.2. The number of aryl methyl sites for hydroxylation is 1. The molecule has 202 valence electrons. The lowest BCUT2D eigenvalue weighted by Gasteiger charge is -2.11. The van der Waals surface area contributed by atoms with Crippen LogP contribution in [-0.2, 0) is 11.4 Å². The number of ketones is 2. The Bertz CT molecular complexity index is 1720. The fourth-order valence-corrected chi connectivity index (χ4v) is 5.87. The Morgan fingerprint density at radius 2 is 1.68 bits per heavy atom. The van der Waals surface area contributed by atoms with Crippen LogP contribution in [-0.4, -0.2) is 27.0 Å². The summed E-state index contributed by atoms with van der Waals surface area (Å²) in [4.78, 5) is 33.0. The molecule has 2 heterocycles. The number of hydrogen-bond acceptors (Lipinski definition) is 6. The molecule has 0 amide bonds. The van der Waals surface area contributed by atoms with Crippen LogP contribution >= 0.6 is 11.3 Å². The largest absolute Gasteiger partial charge is 0.358 e. The zero-order valence-electron chi connectivity index (χ0n) is 22.2. The zero-order chi connectivity index (χ0) is 27.6. The first-order valence-electron chi connectivity index (χ1n) is 13.7. The van der Waals surface area contributed by atoms with E-state index in [2.05, 4.69) is 16.6 Å². The quantitative estimate of drug-likeness (QED) is 0.0797. The Hall–Kier alpha value is -4.07. The van der Waals surface area contributed by atoms with E-state index in [1.165, 1.54) is 24.2 Å². The summed E-state index contributed by atoms with van der Waals surface area (Å²) in [6, 6.07) is 24.2. The van der Waals surface area contributed by atoms with Crippen LogP contribution in [0.2, 0.25) is 0 Å². The van der Waals surface area contributed by atoms with E-state index in [-0.39, 0.29) is 11.6 Å². The second kappa shape index (κ2) is 11.2. The molecular weight excluding hydrogens is 520 g/mol. The van der Waals surface area contributed by atoms with E-state index in [1.54, 1.807) is 12.1 Å². The van der Waals surface area contributed by atoms with Crippen molar-refractivity contribution in [3.63, 3.8) is 0 Å². The number of hydrogen-bond donors (Lipinski definition) is 1. The van der Waals surface area contributed by atoms with Gasteiger partial charge in [0.1, 0.15) is 5.71 Å². The third kappa shape index (κ3) is 5.22. The van der Waals surface area contributed by atoms with Gasteiger partial charge in [-0.15, -0.1) is 11.3 Å². The number of carbonyl (C=O) groups is 2. The molecule has 0 radical (unpaired) electrons. The van der Waals surface area contributed by atoms with Gasteiger partial charge in [-0.25, -0.2) is 0 Å². The molecule has 40 heavy (non-hydrogen) atoms. The second-order valence-corrected chi connectivity index (χ2v) is 11.2. The molecule has 5 aromatic rings. The number of Topliss-reactive ketones (excluding diaryl/α,β-unsaturated/α-hetero) is 1. The van der Waals surface area contributed by atoms with Crippen LogP contribution in [0, 0.1) is 5.92 Å². The molecule has 2 aromatic heterocycles. The van der Waals surface area contributed by atoms with Crippen LogP contribution in [0.15, 0.2) is 89.4 Å². The molecule has 1 fully saturated rings. The molecule has 0 aliphatic heterocycles. The lowest BCUT2D eigenvalue weighted by Crippen LogP contribution is -2.16. The van der Waals surface area contributed by atoms with Gasteiger partial charge < -0.3 is 14.5 Å². The number of aromatic nitrogens is 1. The monoisotopic (exact) mass is 550 g/mol. The molecule has 0 spiro atoms. The van der Waals surface area contributed by atoms with Gasteiger partial charge in [0, 0.05) is 45.0 Å². The maximum atomic E-state index is 13.8. The highest BCUT2D eigenvalue weighted by Crippen LogP contribution is 2.35. The summed E-state index contributed by atoms with van der Waals surface area (Å²) in [6.45, 7) is 2.84. The van der Waals surface area contributed by atoms with Crippen molar-refractivity contribution in [2.24, 2.45) is 11.1 Å². The van der Waals surface area contributed by atoms with Gasteiger partial charge in [0.15, 0.2) is 0 Å². The summed E-state index contributed by atoms with van der Waals surface area (Å²) in [7, 11) is 0. The van der Waals surface area contributed by atoms with Crippen LogP contribution < -0.4 is 0 Å². The van der Waals surface area contributed by atoms with Crippen LogP contribution in [0.25, 0.3) is 21.8 Å². The topological polar surface area (TPSA) is 80.9 Å². The minimum atomic E-state index is -1.26. The second-order valence-electron chi connectivity index (χ2n) is 10.2. The normalized spacial score (nSPS) is 14.5. The van der Waals surface area contributed by atoms with E-state index < -0.39 is 6.29 Å². The van der Waals surface area contributed by atoms with Gasteiger partial charge in [-0.3, -0.25) is 9.59 Å². The molecule has 0 saturated heterocycles. The van der Waals surface area contributed by atoms with Crippen molar-refractivity contribution in [3.8, 4) is 0 Å². The summed E-state index contributed by atoms with van der Waals surface area (Å²) in [6.07, 6.45) is 2.43. The lowest BCUT2D eigenvalue weighted by molar-refractivity contribution is -0.102. The number of rotatable bonds is 11. The van der Waals surface area contributed by atoms with E-state index in [1.807, 2.05) is 72.1 Å². The van der Waals surface area contributed by atoms with E-state index >= 15 is 0 Å². The smallest absolute Gasteiger partial charge is 0.250 e. The minimum Gasteiger partial charge on any atom is -0.358 e. The summed E-state index contributed by atoms with van der Waals surface area (Å²) in [5.41, 5.74) is 4.02. The number of nitrogens with zero attached hydrogens (tertiary/aromatic N) is 2. The Balaban J connectivity index is 1.36. The summed E-state index contributed by atoms with van der Waals surface area (Å²) >= 11 is 1.43. The molecule has 1 aliphatic rings. The third-order valence-electron chi connectivity index (χ3n) is 7.55. The van der Waals surface area contributed by atoms with Crippen molar-refractivity contribution in [1.29, 1.82) is 0 Å². The summed E-state index contributed by atoms with van der Waals surface area (Å²) < 4.78 is 2.19. The van der Waals surface area contributed by atoms with Crippen molar-refractivity contribution in [2.75, 3.05) is 0 Å². The number of fused-ring (bicyclic) bond motifs is 3. The molecule has 1 unspecified atom stereocenters. The fourth-order valence-electron chi connectivity index (χ4n) is 5.18. The van der Waals surface area contributed by atoms with E-state index in [9.17, 15) is 14.7 Å². The molecule has 7 heteroatoms. The van der Waals surface area contributed by atoms with Gasteiger partial charge in [-0.05, 0) is 73.5 Å². The maximum absolute atomic E-state index is 13.8.